The van der Waals surface area contributed by atoms with Gasteiger partial charge in [-0.25, -0.2) is 9.78 Å². The van der Waals surface area contributed by atoms with Crippen LogP contribution in [0.3, 0.4) is 0 Å². The van der Waals surface area contributed by atoms with Crippen LogP contribution in [0.2, 0.25) is 5.02 Å². The Hall–Kier alpha value is -1.34. The maximum Gasteiger partial charge on any atom is 0.337 e. The Morgan fingerprint density at radius 2 is 2.11 bits per heavy atom. The van der Waals surface area contributed by atoms with Crippen LogP contribution in [0.15, 0.2) is 36.5 Å². The van der Waals surface area contributed by atoms with Crippen molar-refractivity contribution in [3.8, 4) is 0 Å². The second kappa shape index (κ2) is 5.53. The van der Waals surface area contributed by atoms with Crippen LogP contribution in [0.1, 0.15) is 10.4 Å². The highest BCUT2D eigenvalue weighted by atomic mass is 127. The van der Waals surface area contributed by atoms with Crippen molar-refractivity contribution in [3.05, 3.63) is 50.7 Å². The molecular formula is C12H8ClIN2O2. The summed E-state index contributed by atoms with van der Waals surface area (Å²) in [7, 11) is 0. The van der Waals surface area contributed by atoms with Gasteiger partial charge in [-0.1, -0.05) is 23.7 Å². The molecule has 0 bridgehead atoms. The van der Waals surface area contributed by atoms with E-state index in [0.717, 1.165) is 9.26 Å². The predicted molar refractivity (Wildman–Crippen MR) is 78.6 cm³/mol. The number of carboxylic acid groups (broad SMARTS) is 1. The number of benzene rings is 1. The van der Waals surface area contributed by atoms with Crippen molar-refractivity contribution in [2.75, 3.05) is 5.32 Å². The number of halogens is 2. The van der Waals surface area contributed by atoms with Crippen molar-refractivity contribution < 1.29 is 9.90 Å². The number of rotatable bonds is 3. The smallest absolute Gasteiger partial charge is 0.337 e. The minimum absolute atomic E-state index is 0.0279. The number of hydrogen-bond acceptors (Lipinski definition) is 3. The van der Waals surface area contributed by atoms with Gasteiger partial charge < -0.3 is 10.4 Å². The number of carboxylic acids is 1. The molecule has 18 heavy (non-hydrogen) atoms. The number of carbonyl (C=O) groups is 1. The van der Waals surface area contributed by atoms with Gasteiger partial charge in [0.2, 0.25) is 0 Å². The summed E-state index contributed by atoms with van der Waals surface area (Å²) in [6.07, 6.45) is 1.32. The molecule has 2 aromatic rings. The van der Waals surface area contributed by atoms with E-state index in [9.17, 15) is 4.79 Å². The predicted octanol–water partition coefficient (Wildman–Crippen LogP) is 3.78. The first-order chi connectivity index (χ1) is 8.58. The number of pyridine rings is 1. The molecule has 6 heteroatoms. The zero-order chi connectivity index (χ0) is 13.1. The molecule has 0 radical (unpaired) electrons. The van der Waals surface area contributed by atoms with Gasteiger partial charge in [0.1, 0.15) is 5.82 Å². The molecular weight excluding hydrogens is 367 g/mol. The van der Waals surface area contributed by atoms with Gasteiger partial charge in [0.05, 0.1) is 16.3 Å². The second-order valence-electron chi connectivity index (χ2n) is 3.46. The van der Waals surface area contributed by atoms with Crippen molar-refractivity contribution in [2.24, 2.45) is 0 Å². The summed E-state index contributed by atoms with van der Waals surface area (Å²) < 4.78 is 1.02. The lowest BCUT2D eigenvalue weighted by atomic mass is 10.2. The first kappa shape index (κ1) is 13.1. The standard InChI is InChI=1S/C12H8ClIN2O2/c13-8-6-15-11(5-7(8)12(17)18)16-10-4-2-1-3-9(10)14/h1-6H,(H,15,16)(H,17,18). The van der Waals surface area contributed by atoms with Crippen LogP contribution in [-0.4, -0.2) is 16.1 Å². The lowest BCUT2D eigenvalue weighted by Crippen LogP contribution is -2.02. The largest absolute Gasteiger partial charge is 0.478 e. The van der Waals surface area contributed by atoms with Crippen molar-refractivity contribution >= 4 is 51.7 Å². The number of aromatic carboxylic acids is 1. The van der Waals surface area contributed by atoms with Gasteiger partial charge in [0.25, 0.3) is 0 Å². The van der Waals surface area contributed by atoms with Crippen LogP contribution in [0.5, 0.6) is 0 Å². The van der Waals surface area contributed by atoms with E-state index in [1.807, 2.05) is 24.3 Å². The van der Waals surface area contributed by atoms with Crippen LogP contribution in [0, 0.1) is 3.57 Å². The molecule has 1 aromatic carbocycles. The summed E-state index contributed by atoms with van der Waals surface area (Å²) in [5.74, 6) is -0.630. The molecule has 1 aromatic heterocycles. The van der Waals surface area contributed by atoms with E-state index in [1.165, 1.54) is 12.3 Å². The van der Waals surface area contributed by atoms with Gasteiger partial charge in [-0.2, -0.15) is 0 Å². The van der Waals surface area contributed by atoms with Gasteiger partial charge in [0, 0.05) is 9.77 Å². The molecule has 0 amide bonds. The molecule has 0 spiro atoms. The maximum absolute atomic E-state index is 11.0. The Balaban J connectivity index is 2.33. The molecule has 0 saturated heterocycles. The molecule has 0 fully saturated rings. The molecule has 0 aliphatic rings. The third kappa shape index (κ3) is 2.91. The number of nitrogens with one attached hydrogen (secondary N) is 1. The fraction of sp³-hybridized carbons (Fsp3) is 0. The van der Waals surface area contributed by atoms with Gasteiger partial charge in [0.15, 0.2) is 0 Å². The molecule has 92 valence electrons. The monoisotopic (exact) mass is 374 g/mol. The second-order valence-corrected chi connectivity index (χ2v) is 5.03. The first-order valence-electron chi connectivity index (χ1n) is 4.98. The fourth-order valence-electron chi connectivity index (χ4n) is 1.37. The highest BCUT2D eigenvalue weighted by Crippen LogP contribution is 2.23. The van der Waals surface area contributed by atoms with E-state index in [4.69, 9.17) is 16.7 Å². The quantitative estimate of drug-likeness (QED) is 0.803. The average Bonchev–Trinajstić information content (AvgIpc) is 2.34. The highest BCUT2D eigenvalue weighted by Gasteiger charge is 2.10. The van der Waals surface area contributed by atoms with E-state index in [1.54, 1.807) is 0 Å². The Bertz CT molecular complexity index is 604. The molecule has 0 atom stereocenters. The van der Waals surface area contributed by atoms with E-state index in [-0.39, 0.29) is 10.6 Å². The van der Waals surface area contributed by atoms with E-state index < -0.39 is 5.97 Å². The number of hydrogen-bond donors (Lipinski definition) is 2. The average molecular weight is 375 g/mol. The van der Waals surface area contributed by atoms with Crippen molar-refractivity contribution in [2.45, 2.75) is 0 Å². The third-order valence-corrected chi connectivity index (χ3v) is 3.46. The van der Waals surface area contributed by atoms with Crippen LogP contribution in [0.25, 0.3) is 0 Å². The Morgan fingerprint density at radius 1 is 1.39 bits per heavy atom. The Kier molecular flexibility index (Phi) is 4.03. The van der Waals surface area contributed by atoms with Crippen LogP contribution in [0.4, 0.5) is 11.5 Å². The zero-order valence-corrected chi connectivity index (χ0v) is 11.9. The maximum atomic E-state index is 11.0. The Morgan fingerprint density at radius 3 is 2.78 bits per heavy atom. The molecule has 0 unspecified atom stereocenters. The molecule has 0 aliphatic carbocycles. The number of anilines is 2. The minimum atomic E-state index is -1.08. The molecule has 0 aliphatic heterocycles. The van der Waals surface area contributed by atoms with E-state index in [0.29, 0.717) is 5.82 Å². The summed E-state index contributed by atoms with van der Waals surface area (Å²) in [5.41, 5.74) is 0.893. The van der Waals surface area contributed by atoms with Crippen LogP contribution >= 0.6 is 34.2 Å². The van der Waals surface area contributed by atoms with Crippen molar-refractivity contribution in [1.29, 1.82) is 0 Å². The third-order valence-electron chi connectivity index (χ3n) is 2.22. The summed E-state index contributed by atoms with van der Waals surface area (Å²) in [5, 5.41) is 12.1. The summed E-state index contributed by atoms with van der Waals surface area (Å²) >= 11 is 7.94. The van der Waals surface area contributed by atoms with Crippen LogP contribution < -0.4 is 5.32 Å². The summed E-state index contributed by atoms with van der Waals surface area (Å²) in [6, 6.07) is 9.05. The van der Waals surface area contributed by atoms with Gasteiger partial charge in [-0.3, -0.25) is 0 Å². The fourth-order valence-corrected chi connectivity index (χ4v) is 2.08. The number of para-hydroxylation sites is 1. The normalized spacial score (nSPS) is 10.1. The van der Waals surface area contributed by atoms with Gasteiger partial charge in [-0.15, -0.1) is 0 Å². The highest BCUT2D eigenvalue weighted by molar-refractivity contribution is 14.1. The minimum Gasteiger partial charge on any atom is -0.478 e. The van der Waals surface area contributed by atoms with Crippen molar-refractivity contribution in [3.63, 3.8) is 0 Å². The van der Waals surface area contributed by atoms with E-state index >= 15 is 0 Å². The Labute approximate surface area is 122 Å². The molecule has 2 rings (SSSR count). The van der Waals surface area contributed by atoms with Crippen molar-refractivity contribution in [1.82, 2.24) is 4.98 Å². The number of aromatic nitrogens is 1. The number of nitrogens with zero attached hydrogens (tertiary/aromatic N) is 1. The topological polar surface area (TPSA) is 62.2 Å². The lowest BCUT2D eigenvalue weighted by molar-refractivity contribution is 0.0697. The first-order valence-corrected chi connectivity index (χ1v) is 6.44. The van der Waals surface area contributed by atoms with Gasteiger partial charge in [-0.05, 0) is 40.8 Å². The molecule has 4 nitrogen and oxygen atoms in total. The SMILES string of the molecule is O=C(O)c1cc(Nc2ccccc2I)ncc1Cl. The molecule has 0 saturated carbocycles. The summed E-state index contributed by atoms with van der Waals surface area (Å²) in [6.45, 7) is 0. The van der Waals surface area contributed by atoms with E-state index in [2.05, 4.69) is 32.9 Å². The zero-order valence-electron chi connectivity index (χ0n) is 9.02. The molecule has 2 N–H and O–H groups in total. The summed E-state index contributed by atoms with van der Waals surface area (Å²) in [4.78, 5) is 15.0. The molecule has 1 heterocycles. The van der Waals surface area contributed by atoms with Crippen LogP contribution in [-0.2, 0) is 0 Å². The lowest BCUT2D eigenvalue weighted by Gasteiger charge is -2.08. The van der Waals surface area contributed by atoms with Gasteiger partial charge >= 0.3 is 5.97 Å².